The Hall–Kier alpha value is -3.11. The molecule has 1 saturated carbocycles. The van der Waals surface area contributed by atoms with E-state index < -0.39 is 0 Å². The number of hydrogen-bond acceptors (Lipinski definition) is 6. The van der Waals surface area contributed by atoms with Crippen LogP contribution < -0.4 is 0 Å². The second-order valence-electron chi connectivity index (χ2n) is 9.47. The minimum atomic E-state index is -0.0597. The Bertz CT molecular complexity index is 1090. The standard InChI is InChI=1S/C26H31N5O2/c1-17-15-30(6-7-31(17)26(33)10-20-4-5-20)16-23-9-21(12-27)8-22(18(23)2)11-25(32)24-13-28-19(3)29-14-24/h8-9,13-14,17,20H,4-7,10-11,15-16H2,1-3H3/t17-/m0/s1. The molecule has 0 N–H and O–H groups in total. The number of piperazine rings is 1. The normalized spacial score (nSPS) is 18.7. The van der Waals surface area contributed by atoms with Crippen LogP contribution in [0.15, 0.2) is 24.5 Å². The molecule has 0 spiro atoms. The highest BCUT2D eigenvalue weighted by atomic mass is 16.2. The van der Waals surface area contributed by atoms with Crippen molar-refractivity contribution in [2.45, 2.75) is 59.0 Å². The number of carbonyl (C=O) groups is 2. The van der Waals surface area contributed by atoms with Crippen molar-refractivity contribution >= 4 is 11.7 Å². The number of ketones is 1. The van der Waals surface area contributed by atoms with Crippen LogP contribution in [0, 0.1) is 31.1 Å². The SMILES string of the molecule is Cc1ncc(C(=O)Cc2cc(C#N)cc(CN3CCN(C(=O)CC4CC4)[C@@H](C)C3)c2C)cn1. The Labute approximate surface area is 195 Å². The van der Waals surface area contributed by atoms with Gasteiger partial charge in [-0.15, -0.1) is 0 Å². The Morgan fingerprint density at radius 2 is 1.82 bits per heavy atom. The highest BCUT2D eigenvalue weighted by Crippen LogP contribution is 2.33. The number of aryl methyl sites for hydroxylation is 1. The van der Waals surface area contributed by atoms with Crippen LogP contribution in [0.25, 0.3) is 0 Å². The van der Waals surface area contributed by atoms with Crippen molar-refractivity contribution in [2.24, 2.45) is 5.92 Å². The van der Waals surface area contributed by atoms with E-state index >= 15 is 0 Å². The van der Waals surface area contributed by atoms with Crippen molar-refractivity contribution < 1.29 is 9.59 Å². The maximum Gasteiger partial charge on any atom is 0.223 e. The summed E-state index contributed by atoms with van der Waals surface area (Å²) in [4.78, 5) is 38.0. The van der Waals surface area contributed by atoms with Gasteiger partial charge in [0.1, 0.15) is 5.82 Å². The smallest absolute Gasteiger partial charge is 0.223 e. The molecule has 1 aromatic heterocycles. The molecule has 1 amide bonds. The van der Waals surface area contributed by atoms with Crippen LogP contribution in [0.3, 0.4) is 0 Å². The summed E-state index contributed by atoms with van der Waals surface area (Å²) in [5, 5.41) is 9.57. The molecule has 1 aromatic carbocycles. The molecule has 0 bridgehead atoms. The fraction of sp³-hybridized carbons (Fsp3) is 0.500. The van der Waals surface area contributed by atoms with Crippen LogP contribution in [0.2, 0.25) is 0 Å². The van der Waals surface area contributed by atoms with E-state index in [1.165, 1.54) is 12.8 Å². The molecule has 33 heavy (non-hydrogen) atoms. The second-order valence-corrected chi connectivity index (χ2v) is 9.47. The van der Waals surface area contributed by atoms with E-state index in [4.69, 9.17) is 0 Å². The van der Waals surface area contributed by atoms with Gasteiger partial charge in [-0.1, -0.05) is 0 Å². The first kappa shape index (κ1) is 23.1. The molecule has 1 saturated heterocycles. The number of benzene rings is 1. The quantitative estimate of drug-likeness (QED) is 0.608. The summed E-state index contributed by atoms with van der Waals surface area (Å²) in [7, 11) is 0. The molecular weight excluding hydrogens is 414 g/mol. The average molecular weight is 446 g/mol. The zero-order valence-corrected chi connectivity index (χ0v) is 19.7. The first-order chi connectivity index (χ1) is 15.8. The van der Waals surface area contributed by atoms with Gasteiger partial charge in [-0.3, -0.25) is 14.5 Å². The maximum absolute atomic E-state index is 12.8. The average Bonchev–Trinajstić information content (AvgIpc) is 3.60. The van der Waals surface area contributed by atoms with Crippen molar-refractivity contribution in [3.05, 3.63) is 58.2 Å². The number of aromatic nitrogens is 2. The van der Waals surface area contributed by atoms with E-state index in [2.05, 4.69) is 27.9 Å². The fourth-order valence-electron chi connectivity index (χ4n) is 4.54. The van der Waals surface area contributed by atoms with Gasteiger partial charge < -0.3 is 4.90 Å². The number of amides is 1. The van der Waals surface area contributed by atoms with Crippen LogP contribution >= 0.6 is 0 Å². The molecule has 1 atom stereocenters. The molecule has 172 valence electrons. The van der Waals surface area contributed by atoms with E-state index in [1.807, 2.05) is 24.0 Å². The van der Waals surface area contributed by atoms with Crippen LogP contribution in [0.5, 0.6) is 0 Å². The van der Waals surface area contributed by atoms with Crippen LogP contribution in [0.1, 0.15) is 64.6 Å². The lowest BCUT2D eigenvalue weighted by Gasteiger charge is -2.40. The van der Waals surface area contributed by atoms with Gasteiger partial charge in [-0.05, 0) is 68.4 Å². The summed E-state index contributed by atoms with van der Waals surface area (Å²) < 4.78 is 0. The lowest BCUT2D eigenvalue weighted by atomic mass is 9.94. The summed E-state index contributed by atoms with van der Waals surface area (Å²) in [6.07, 6.45) is 6.39. The van der Waals surface area contributed by atoms with Crippen molar-refractivity contribution in [1.29, 1.82) is 5.26 Å². The van der Waals surface area contributed by atoms with Crippen molar-refractivity contribution in [3.63, 3.8) is 0 Å². The Morgan fingerprint density at radius 3 is 2.45 bits per heavy atom. The molecule has 2 aromatic rings. The van der Waals surface area contributed by atoms with Gasteiger partial charge in [0, 0.05) is 57.5 Å². The Balaban J connectivity index is 1.45. The van der Waals surface area contributed by atoms with Gasteiger partial charge >= 0.3 is 0 Å². The van der Waals surface area contributed by atoms with Crippen LogP contribution in [-0.2, 0) is 17.8 Å². The number of nitrogens with zero attached hydrogens (tertiary/aromatic N) is 5. The highest BCUT2D eigenvalue weighted by Gasteiger charge is 2.32. The molecular formula is C26H31N5O2. The fourth-order valence-corrected chi connectivity index (χ4v) is 4.54. The van der Waals surface area contributed by atoms with E-state index in [0.717, 1.165) is 36.3 Å². The Kier molecular flexibility index (Phi) is 6.85. The lowest BCUT2D eigenvalue weighted by molar-refractivity contribution is -0.136. The van der Waals surface area contributed by atoms with Crippen molar-refractivity contribution in [2.75, 3.05) is 19.6 Å². The van der Waals surface area contributed by atoms with Crippen molar-refractivity contribution in [3.8, 4) is 6.07 Å². The largest absolute Gasteiger partial charge is 0.337 e. The predicted molar refractivity (Wildman–Crippen MR) is 124 cm³/mol. The van der Waals surface area contributed by atoms with Crippen LogP contribution in [-0.4, -0.2) is 57.1 Å². The molecule has 0 radical (unpaired) electrons. The topological polar surface area (TPSA) is 90.2 Å². The zero-order valence-electron chi connectivity index (χ0n) is 19.7. The molecule has 0 unspecified atom stereocenters. The minimum absolute atomic E-state index is 0.0597. The molecule has 2 heterocycles. The lowest BCUT2D eigenvalue weighted by Crippen LogP contribution is -2.53. The monoisotopic (exact) mass is 445 g/mol. The summed E-state index contributed by atoms with van der Waals surface area (Å²) in [5.41, 5.74) is 3.99. The summed E-state index contributed by atoms with van der Waals surface area (Å²) in [6, 6.07) is 6.15. The molecule has 1 aliphatic carbocycles. The molecule has 7 nitrogen and oxygen atoms in total. The summed E-state index contributed by atoms with van der Waals surface area (Å²) >= 11 is 0. The van der Waals surface area contributed by atoms with Gasteiger partial charge in [0.15, 0.2) is 5.78 Å². The third-order valence-electron chi connectivity index (χ3n) is 6.79. The van der Waals surface area contributed by atoms with Crippen LogP contribution in [0.4, 0.5) is 0 Å². The predicted octanol–water partition coefficient (Wildman–Crippen LogP) is 3.22. The molecule has 7 heteroatoms. The number of hydrogen-bond donors (Lipinski definition) is 0. The summed E-state index contributed by atoms with van der Waals surface area (Å²) in [5.74, 6) is 1.45. The molecule has 2 fully saturated rings. The molecule has 4 rings (SSSR count). The first-order valence-electron chi connectivity index (χ1n) is 11.7. The third kappa shape index (κ3) is 5.63. The first-order valence-corrected chi connectivity index (χ1v) is 11.7. The van der Waals surface area contributed by atoms with E-state index in [1.54, 1.807) is 19.3 Å². The second kappa shape index (κ2) is 9.80. The van der Waals surface area contributed by atoms with Gasteiger partial charge in [-0.2, -0.15) is 5.26 Å². The zero-order chi connectivity index (χ0) is 23.5. The summed E-state index contributed by atoms with van der Waals surface area (Å²) in [6.45, 7) is 8.97. The van der Waals surface area contributed by atoms with Crippen molar-refractivity contribution in [1.82, 2.24) is 19.8 Å². The Morgan fingerprint density at radius 1 is 1.12 bits per heavy atom. The minimum Gasteiger partial charge on any atom is -0.337 e. The van der Waals surface area contributed by atoms with E-state index in [9.17, 15) is 14.9 Å². The molecule has 2 aliphatic rings. The number of nitriles is 1. The highest BCUT2D eigenvalue weighted by molar-refractivity contribution is 5.97. The number of Topliss-reactive ketones (excluding diaryl/α,β-unsaturated/α-hetero) is 1. The third-order valence-corrected chi connectivity index (χ3v) is 6.79. The van der Waals surface area contributed by atoms with Gasteiger partial charge in [0.25, 0.3) is 0 Å². The van der Waals surface area contributed by atoms with Gasteiger partial charge in [0.05, 0.1) is 17.2 Å². The molecule has 1 aliphatic heterocycles. The van der Waals surface area contributed by atoms with Gasteiger partial charge in [-0.25, -0.2) is 9.97 Å². The number of rotatable bonds is 7. The van der Waals surface area contributed by atoms with E-state index in [0.29, 0.717) is 35.8 Å². The van der Waals surface area contributed by atoms with E-state index in [-0.39, 0.29) is 24.2 Å². The van der Waals surface area contributed by atoms with Gasteiger partial charge in [0.2, 0.25) is 5.91 Å². The number of carbonyl (C=O) groups excluding carboxylic acids is 2. The maximum atomic E-state index is 12.8.